The third-order valence-corrected chi connectivity index (χ3v) is 3.81. The van der Waals surface area contributed by atoms with Gasteiger partial charge in [0.2, 0.25) is 0 Å². The Morgan fingerprint density at radius 3 is 2.67 bits per heavy atom. The van der Waals surface area contributed by atoms with Crippen molar-refractivity contribution in [3.63, 3.8) is 0 Å². The number of rotatable bonds is 1. The van der Waals surface area contributed by atoms with Crippen LogP contribution in [0.4, 0.5) is 5.82 Å². The summed E-state index contributed by atoms with van der Waals surface area (Å²) in [5.41, 5.74) is 1.89. The van der Waals surface area contributed by atoms with E-state index in [1.54, 1.807) is 0 Å². The van der Waals surface area contributed by atoms with Crippen LogP contribution < -0.4 is 4.90 Å². The predicted octanol–water partition coefficient (Wildman–Crippen LogP) is 2.14. The van der Waals surface area contributed by atoms with E-state index in [1.807, 2.05) is 24.4 Å². The van der Waals surface area contributed by atoms with Gasteiger partial charge in [-0.1, -0.05) is 15.9 Å². The van der Waals surface area contributed by atoms with Crippen molar-refractivity contribution in [1.29, 1.82) is 0 Å². The number of piperazine rings is 1. The highest BCUT2D eigenvalue weighted by Gasteiger charge is 2.15. The Kier molecular flexibility index (Phi) is 3.18. The lowest BCUT2D eigenvalue weighted by Crippen LogP contribution is -2.44. The molecule has 0 radical (unpaired) electrons. The third kappa shape index (κ3) is 2.33. The Morgan fingerprint density at radius 2 is 1.89 bits per heavy atom. The minimum Gasteiger partial charge on any atom is -0.353 e. The smallest absolute Gasteiger partial charge is 0.147 e. The molecule has 1 aromatic heterocycles. The first-order valence-corrected chi connectivity index (χ1v) is 6.87. The normalized spacial score (nSPS) is 17.3. The number of benzene rings is 1. The van der Waals surface area contributed by atoms with Gasteiger partial charge in [0, 0.05) is 30.7 Å². The summed E-state index contributed by atoms with van der Waals surface area (Å²) in [6.45, 7) is 4.20. The Hall–Kier alpha value is -1.20. The van der Waals surface area contributed by atoms with E-state index in [2.05, 4.69) is 37.8 Å². The maximum atomic E-state index is 4.70. The Morgan fingerprint density at radius 1 is 1.11 bits per heavy atom. The molecule has 0 aliphatic carbocycles. The molecule has 1 aliphatic rings. The highest BCUT2D eigenvalue weighted by Crippen LogP contribution is 2.20. The fourth-order valence-corrected chi connectivity index (χ4v) is 2.51. The Labute approximate surface area is 115 Å². The molecule has 2 heterocycles. The van der Waals surface area contributed by atoms with Crippen molar-refractivity contribution in [2.75, 3.05) is 38.1 Å². The average molecular weight is 307 g/mol. The van der Waals surface area contributed by atoms with E-state index in [-0.39, 0.29) is 0 Å². The molecule has 0 N–H and O–H groups in total. The summed E-state index contributed by atoms with van der Waals surface area (Å²) < 4.78 is 1.04. The monoisotopic (exact) mass is 306 g/mol. The molecule has 4 nitrogen and oxygen atoms in total. The van der Waals surface area contributed by atoms with E-state index >= 15 is 0 Å². The summed E-state index contributed by atoms with van der Waals surface area (Å²) in [5, 5.41) is 0. The number of nitrogens with zero attached hydrogens (tertiary/aromatic N) is 4. The zero-order chi connectivity index (χ0) is 12.5. The molecule has 94 valence electrons. The van der Waals surface area contributed by atoms with Gasteiger partial charge in [0.15, 0.2) is 0 Å². The minimum atomic E-state index is 0.941. The molecule has 0 unspecified atom stereocenters. The minimum absolute atomic E-state index is 0.941. The van der Waals surface area contributed by atoms with E-state index in [1.165, 1.54) is 0 Å². The second-order valence-electron chi connectivity index (χ2n) is 4.65. The molecule has 5 heteroatoms. The molecule has 3 rings (SSSR count). The zero-order valence-corrected chi connectivity index (χ0v) is 11.9. The van der Waals surface area contributed by atoms with Gasteiger partial charge in [-0.15, -0.1) is 0 Å². The van der Waals surface area contributed by atoms with Gasteiger partial charge in [0.25, 0.3) is 0 Å². The second kappa shape index (κ2) is 4.82. The van der Waals surface area contributed by atoms with Crippen LogP contribution in [0.1, 0.15) is 0 Å². The molecule has 1 aromatic carbocycles. The molecule has 18 heavy (non-hydrogen) atoms. The lowest BCUT2D eigenvalue weighted by molar-refractivity contribution is 0.312. The molecular weight excluding hydrogens is 292 g/mol. The average Bonchev–Trinajstić information content (AvgIpc) is 2.38. The van der Waals surface area contributed by atoms with Crippen molar-refractivity contribution in [3.05, 3.63) is 28.9 Å². The molecular formula is C13H15BrN4. The number of aromatic nitrogens is 2. The first-order chi connectivity index (χ1) is 8.72. The summed E-state index contributed by atoms with van der Waals surface area (Å²) >= 11 is 3.47. The summed E-state index contributed by atoms with van der Waals surface area (Å²) in [4.78, 5) is 13.8. The standard InChI is InChI=1S/C13H15BrN4/c1-17-4-6-18(7-5-17)13-9-15-11-3-2-10(14)8-12(11)16-13/h2-3,8-9H,4-7H2,1H3. The topological polar surface area (TPSA) is 32.3 Å². The maximum Gasteiger partial charge on any atom is 0.147 e. The first kappa shape index (κ1) is 11.9. The van der Waals surface area contributed by atoms with E-state index < -0.39 is 0 Å². The van der Waals surface area contributed by atoms with E-state index in [0.29, 0.717) is 0 Å². The van der Waals surface area contributed by atoms with Gasteiger partial charge in [-0.2, -0.15) is 0 Å². The van der Waals surface area contributed by atoms with Crippen LogP contribution in [-0.4, -0.2) is 48.1 Å². The number of hydrogen-bond donors (Lipinski definition) is 0. The lowest BCUT2D eigenvalue weighted by Gasteiger charge is -2.33. The second-order valence-corrected chi connectivity index (χ2v) is 5.57. The van der Waals surface area contributed by atoms with Gasteiger partial charge < -0.3 is 9.80 Å². The fourth-order valence-electron chi connectivity index (χ4n) is 2.16. The van der Waals surface area contributed by atoms with Crippen molar-refractivity contribution >= 4 is 32.8 Å². The van der Waals surface area contributed by atoms with Crippen molar-refractivity contribution in [1.82, 2.24) is 14.9 Å². The quantitative estimate of drug-likeness (QED) is 0.808. The van der Waals surface area contributed by atoms with E-state index in [9.17, 15) is 0 Å². The van der Waals surface area contributed by atoms with Crippen LogP contribution in [0.25, 0.3) is 11.0 Å². The third-order valence-electron chi connectivity index (χ3n) is 3.32. The molecule has 1 fully saturated rings. The molecule has 0 bridgehead atoms. The molecule has 0 saturated carbocycles. The SMILES string of the molecule is CN1CCN(c2cnc3ccc(Br)cc3n2)CC1. The van der Waals surface area contributed by atoms with Crippen molar-refractivity contribution in [2.24, 2.45) is 0 Å². The predicted molar refractivity (Wildman–Crippen MR) is 76.9 cm³/mol. The highest BCUT2D eigenvalue weighted by atomic mass is 79.9. The Balaban J connectivity index is 1.92. The van der Waals surface area contributed by atoms with Gasteiger partial charge >= 0.3 is 0 Å². The van der Waals surface area contributed by atoms with Gasteiger partial charge in [0.1, 0.15) is 5.82 Å². The number of anilines is 1. The summed E-state index contributed by atoms with van der Waals surface area (Å²) in [6, 6.07) is 5.99. The van der Waals surface area contributed by atoms with Gasteiger partial charge in [-0.05, 0) is 25.2 Å². The Bertz CT molecular complexity index is 564. The molecule has 1 saturated heterocycles. The summed E-state index contributed by atoms with van der Waals surface area (Å²) in [7, 11) is 2.15. The summed E-state index contributed by atoms with van der Waals surface area (Å²) in [6.07, 6.45) is 1.88. The van der Waals surface area contributed by atoms with Crippen LogP contribution in [0.15, 0.2) is 28.9 Å². The van der Waals surface area contributed by atoms with Crippen LogP contribution in [-0.2, 0) is 0 Å². The highest BCUT2D eigenvalue weighted by molar-refractivity contribution is 9.10. The van der Waals surface area contributed by atoms with Crippen molar-refractivity contribution in [2.45, 2.75) is 0 Å². The lowest BCUT2D eigenvalue weighted by atomic mass is 10.3. The fraction of sp³-hybridized carbons (Fsp3) is 0.385. The van der Waals surface area contributed by atoms with Crippen LogP contribution >= 0.6 is 15.9 Å². The zero-order valence-electron chi connectivity index (χ0n) is 10.3. The van der Waals surface area contributed by atoms with Gasteiger partial charge in [-0.3, -0.25) is 4.98 Å². The molecule has 2 aromatic rings. The number of hydrogen-bond acceptors (Lipinski definition) is 4. The molecule has 0 amide bonds. The largest absolute Gasteiger partial charge is 0.353 e. The van der Waals surface area contributed by atoms with Crippen LogP contribution in [0, 0.1) is 0 Å². The maximum absolute atomic E-state index is 4.70. The van der Waals surface area contributed by atoms with Crippen molar-refractivity contribution in [3.8, 4) is 0 Å². The number of halogens is 1. The van der Waals surface area contributed by atoms with E-state index in [0.717, 1.165) is 47.5 Å². The van der Waals surface area contributed by atoms with Gasteiger partial charge in [-0.25, -0.2) is 4.98 Å². The van der Waals surface area contributed by atoms with Crippen LogP contribution in [0.3, 0.4) is 0 Å². The van der Waals surface area contributed by atoms with Crippen LogP contribution in [0.2, 0.25) is 0 Å². The first-order valence-electron chi connectivity index (χ1n) is 6.08. The van der Waals surface area contributed by atoms with Crippen LogP contribution in [0.5, 0.6) is 0 Å². The number of likely N-dealkylation sites (N-methyl/N-ethyl adjacent to an activating group) is 1. The molecule has 0 atom stereocenters. The van der Waals surface area contributed by atoms with Gasteiger partial charge in [0.05, 0.1) is 17.2 Å². The van der Waals surface area contributed by atoms with Crippen molar-refractivity contribution < 1.29 is 0 Å². The number of fused-ring (bicyclic) bond motifs is 1. The molecule has 0 spiro atoms. The molecule has 1 aliphatic heterocycles. The summed E-state index contributed by atoms with van der Waals surface area (Å²) in [5.74, 6) is 0.980. The van der Waals surface area contributed by atoms with E-state index in [4.69, 9.17) is 4.98 Å².